The van der Waals surface area contributed by atoms with Crippen LogP contribution in [0.2, 0.25) is 11.0 Å². The zero-order valence-corrected chi connectivity index (χ0v) is 7.71. The van der Waals surface area contributed by atoms with Gasteiger partial charge in [-0.3, -0.25) is 0 Å². The van der Waals surface area contributed by atoms with Crippen molar-refractivity contribution in [1.82, 2.24) is 0 Å². The monoisotopic (exact) mass is 152 g/mol. The van der Waals surface area contributed by atoms with Gasteiger partial charge in [-0.05, 0) is 0 Å². The summed E-state index contributed by atoms with van der Waals surface area (Å²) < 4.78 is 3.23. The van der Waals surface area contributed by atoms with Gasteiger partial charge in [-0.1, -0.05) is 0 Å². The number of hydrogen-bond acceptors (Lipinski definition) is 0. The minimum absolute atomic E-state index is 0.931. The van der Waals surface area contributed by atoms with Gasteiger partial charge in [0.15, 0.2) is 0 Å². The first kappa shape index (κ1) is 7.20. The van der Waals surface area contributed by atoms with Crippen molar-refractivity contribution < 1.29 is 0 Å². The van der Waals surface area contributed by atoms with E-state index in [0.717, 1.165) is 6.42 Å². The van der Waals surface area contributed by atoms with E-state index in [0.29, 0.717) is 0 Å². The average Bonchev–Trinajstić information content (AvgIpc) is 1.61. The van der Waals surface area contributed by atoms with Crippen LogP contribution in [0.3, 0.4) is 0 Å². The van der Waals surface area contributed by atoms with Crippen molar-refractivity contribution in [2.75, 3.05) is 0 Å². The van der Waals surface area contributed by atoms with Crippen LogP contribution < -0.4 is 0 Å². The molecule has 7 heavy (non-hydrogen) atoms. The number of rotatable bonds is 0. The van der Waals surface area contributed by atoms with E-state index in [1.165, 1.54) is 0 Å². The summed E-state index contributed by atoms with van der Waals surface area (Å²) in [5.74, 6) is 3.08. The third-order valence-corrected chi connectivity index (χ3v) is 2.21. The van der Waals surface area contributed by atoms with Gasteiger partial charge in [-0.2, -0.15) is 0 Å². The fourth-order valence-corrected chi connectivity index (χ4v) is 1.59. The predicted molar refractivity (Wildman–Crippen MR) is 35.5 cm³/mol. The third-order valence-electron chi connectivity index (χ3n) is 0.568. The fourth-order valence-electron chi connectivity index (χ4n) is 0.306. The molecule has 0 aliphatic carbocycles. The van der Waals surface area contributed by atoms with Gasteiger partial charge in [0, 0.05) is 0 Å². The molecule has 0 nitrogen and oxygen atoms in total. The molecular weight excluding hydrogens is 142 g/mol. The molecule has 0 bridgehead atoms. The normalized spacial score (nSPS) is 6.71. The molecule has 0 saturated heterocycles. The van der Waals surface area contributed by atoms with Crippen molar-refractivity contribution in [2.24, 2.45) is 0 Å². The molecule has 0 saturated carbocycles. The van der Waals surface area contributed by atoms with Crippen LogP contribution >= 0.6 is 0 Å². The van der Waals surface area contributed by atoms with Crippen LogP contribution in [0.5, 0.6) is 0 Å². The van der Waals surface area contributed by atoms with E-state index >= 15 is 0 Å². The molecule has 0 amide bonds. The van der Waals surface area contributed by atoms with Crippen LogP contribution in [0.4, 0.5) is 0 Å². The molecule has 0 aromatic carbocycles. The maximum atomic E-state index is 3.23. The Morgan fingerprint density at radius 1 is 1.43 bits per heavy atom. The molecule has 0 aromatic heterocycles. The van der Waals surface area contributed by atoms with Crippen LogP contribution in [0.25, 0.3) is 0 Å². The third kappa shape index (κ3) is 6.20. The summed E-state index contributed by atoms with van der Waals surface area (Å²) in [4.78, 5) is 0. The minimum atomic E-state index is -0.931. The Bertz CT molecular complexity index is 84.1. The Morgan fingerprint density at radius 3 is 2.14 bits per heavy atom. The van der Waals surface area contributed by atoms with E-state index < -0.39 is 16.2 Å². The zero-order chi connectivity index (χ0) is 5.70. The Hall–Kier alpha value is 0.196. The summed E-state index contributed by atoms with van der Waals surface area (Å²) in [6.07, 6.45) is 1.03. The first-order valence-corrected chi connectivity index (χ1v) is 8.81. The Kier molecular flexibility index (Phi) is 4.48. The summed E-state index contributed by atoms with van der Waals surface area (Å²) in [5.41, 5.74) is 4.57. The van der Waals surface area contributed by atoms with E-state index in [2.05, 4.69) is 28.3 Å². The van der Waals surface area contributed by atoms with Gasteiger partial charge in [0.25, 0.3) is 0 Å². The summed E-state index contributed by atoms with van der Waals surface area (Å²) in [6, 6.07) is 0. The molecule has 0 fully saturated rings. The second-order valence-electron chi connectivity index (χ2n) is 1.83. The molecule has 0 radical (unpaired) electrons. The first-order chi connectivity index (χ1) is 3.27. The maximum absolute atomic E-state index is 3.23. The second kappa shape index (κ2) is 4.36. The van der Waals surface area contributed by atoms with Gasteiger partial charge in [-0.25, -0.2) is 0 Å². The molecule has 0 unspecified atom stereocenters. The van der Waals surface area contributed by atoms with Crippen LogP contribution in [-0.2, 0) is 0 Å². The number of hydrogen-bond donors (Lipinski definition) is 0. The summed E-state index contributed by atoms with van der Waals surface area (Å²) in [7, 11) is 0. The van der Waals surface area contributed by atoms with Crippen molar-refractivity contribution in [3.05, 3.63) is 0 Å². The van der Waals surface area contributed by atoms with E-state index in [-0.39, 0.29) is 0 Å². The van der Waals surface area contributed by atoms with Gasteiger partial charge in [0.1, 0.15) is 0 Å². The van der Waals surface area contributed by atoms with Crippen molar-refractivity contribution in [3.8, 4) is 10.4 Å². The van der Waals surface area contributed by atoms with Crippen LogP contribution in [-0.4, -0.2) is 16.2 Å². The molecule has 1 heteroatoms. The van der Waals surface area contributed by atoms with Crippen molar-refractivity contribution >= 4 is 16.2 Å². The zero-order valence-electron chi connectivity index (χ0n) is 5.28. The Labute approximate surface area is 51.3 Å². The SMILES string of the molecule is CCC#[C][Ga]([CH3])[CH3]. The molecule has 0 N–H and O–H groups in total. The topological polar surface area (TPSA) is 0 Å². The van der Waals surface area contributed by atoms with Crippen molar-refractivity contribution in [2.45, 2.75) is 24.3 Å². The van der Waals surface area contributed by atoms with E-state index in [9.17, 15) is 0 Å². The van der Waals surface area contributed by atoms with Gasteiger partial charge in [0.2, 0.25) is 0 Å². The van der Waals surface area contributed by atoms with Crippen LogP contribution in [0, 0.1) is 10.4 Å². The molecule has 0 aliphatic heterocycles. The molecule has 0 heterocycles. The molecule has 38 valence electrons. The average molecular weight is 153 g/mol. The predicted octanol–water partition coefficient (Wildman–Crippen LogP) is 1.69. The first-order valence-electron chi connectivity index (χ1n) is 2.75. The quantitative estimate of drug-likeness (QED) is 0.366. The van der Waals surface area contributed by atoms with Crippen molar-refractivity contribution in [1.29, 1.82) is 0 Å². The molecule has 0 aliphatic rings. The summed E-state index contributed by atoms with van der Waals surface area (Å²) in [6.45, 7) is 2.09. The molecule has 0 aromatic rings. The van der Waals surface area contributed by atoms with Crippen LogP contribution in [0.1, 0.15) is 13.3 Å². The van der Waals surface area contributed by atoms with Gasteiger partial charge in [-0.15, -0.1) is 0 Å². The summed E-state index contributed by atoms with van der Waals surface area (Å²) >= 11 is -0.931. The Morgan fingerprint density at radius 2 is 2.00 bits per heavy atom. The van der Waals surface area contributed by atoms with Gasteiger partial charge < -0.3 is 0 Å². The second-order valence-corrected chi connectivity index (χ2v) is 7.28. The van der Waals surface area contributed by atoms with Gasteiger partial charge in [0.05, 0.1) is 0 Å². The standard InChI is InChI=1S/C4H5.2CH3.Ga/c1-3-4-2;;;/h3H2,1H3;2*1H3;. The van der Waals surface area contributed by atoms with E-state index in [4.69, 9.17) is 0 Å². The molecule has 0 rings (SSSR count). The Balaban J connectivity index is 3.24. The van der Waals surface area contributed by atoms with Crippen LogP contribution in [0.15, 0.2) is 0 Å². The molecule has 0 atom stereocenters. The fraction of sp³-hybridized carbons (Fsp3) is 0.667. The van der Waals surface area contributed by atoms with Gasteiger partial charge >= 0.3 is 50.9 Å². The molecular formula is C6H11Ga. The molecule has 0 spiro atoms. The van der Waals surface area contributed by atoms with Crippen molar-refractivity contribution in [3.63, 3.8) is 0 Å². The van der Waals surface area contributed by atoms with E-state index in [1.807, 2.05) is 0 Å². The summed E-state index contributed by atoms with van der Waals surface area (Å²) in [5, 5.41) is 0. The van der Waals surface area contributed by atoms with E-state index in [1.54, 1.807) is 0 Å².